The molecule has 0 N–H and O–H groups in total. The molecule has 0 aromatic carbocycles. The second-order valence-corrected chi connectivity index (χ2v) is 10.7. The molecule has 0 aromatic rings. The van der Waals surface area contributed by atoms with Gasteiger partial charge in [-0.3, -0.25) is 14.4 Å². The van der Waals surface area contributed by atoms with Crippen molar-refractivity contribution >= 4 is 17.3 Å². The summed E-state index contributed by atoms with van der Waals surface area (Å²) < 4.78 is 0. The molecule has 0 aromatic heterocycles. The zero-order valence-electron chi connectivity index (χ0n) is 17.6. The van der Waals surface area contributed by atoms with Crippen LogP contribution in [0.1, 0.15) is 78.6 Å². The lowest BCUT2D eigenvalue weighted by atomic mass is 9.44. The highest BCUT2D eigenvalue weighted by molar-refractivity contribution is 5.93. The summed E-state index contributed by atoms with van der Waals surface area (Å²) in [5, 5.41) is 0. The molecule has 0 saturated heterocycles. The highest BCUT2D eigenvalue weighted by atomic mass is 16.1. The van der Waals surface area contributed by atoms with E-state index in [0.29, 0.717) is 54.9 Å². The minimum atomic E-state index is -0.376. The van der Waals surface area contributed by atoms with Crippen LogP contribution < -0.4 is 0 Å². The first-order chi connectivity index (χ1) is 13.2. The van der Waals surface area contributed by atoms with Crippen LogP contribution in [0.2, 0.25) is 0 Å². The van der Waals surface area contributed by atoms with E-state index in [1.165, 1.54) is 0 Å². The quantitative estimate of drug-likeness (QED) is 0.669. The summed E-state index contributed by atoms with van der Waals surface area (Å²) in [5.41, 5.74) is -0.408. The van der Waals surface area contributed by atoms with Crippen LogP contribution in [0.4, 0.5) is 0 Å². The maximum absolute atomic E-state index is 13.6. The Morgan fingerprint density at radius 1 is 1.11 bits per heavy atom. The van der Waals surface area contributed by atoms with E-state index in [4.69, 9.17) is 6.42 Å². The Hall–Kier alpha value is -1.43. The molecular weight excluding hydrogens is 348 g/mol. The van der Waals surface area contributed by atoms with Crippen molar-refractivity contribution in [2.24, 2.45) is 46.3 Å². The van der Waals surface area contributed by atoms with Gasteiger partial charge in [-0.15, -0.1) is 12.3 Å². The van der Waals surface area contributed by atoms with Crippen molar-refractivity contribution in [3.8, 4) is 12.3 Å². The zero-order chi connectivity index (χ0) is 20.3. The van der Waals surface area contributed by atoms with E-state index < -0.39 is 0 Å². The van der Waals surface area contributed by atoms with Gasteiger partial charge in [0, 0.05) is 43.4 Å². The number of hydrogen-bond donors (Lipinski definition) is 0. The summed E-state index contributed by atoms with van der Waals surface area (Å²) in [7, 11) is 0. The Morgan fingerprint density at radius 2 is 1.86 bits per heavy atom. The summed E-state index contributed by atoms with van der Waals surface area (Å²) in [6.07, 6.45) is 12.3. The third-order valence-electron chi connectivity index (χ3n) is 9.65. The van der Waals surface area contributed by atoms with E-state index in [1.807, 2.05) is 0 Å². The molecule has 152 valence electrons. The molecule has 0 aliphatic heterocycles. The van der Waals surface area contributed by atoms with E-state index in [0.717, 1.165) is 32.1 Å². The Balaban J connectivity index is 1.66. The van der Waals surface area contributed by atoms with Gasteiger partial charge in [-0.1, -0.05) is 20.8 Å². The van der Waals surface area contributed by atoms with Gasteiger partial charge in [-0.25, -0.2) is 0 Å². The molecule has 3 nitrogen and oxygen atoms in total. The third-order valence-corrected chi connectivity index (χ3v) is 9.65. The fraction of sp³-hybridized carbons (Fsp3) is 0.800. The Labute approximate surface area is 169 Å². The first kappa shape index (κ1) is 19.9. The second-order valence-electron chi connectivity index (χ2n) is 10.7. The lowest BCUT2D eigenvalue weighted by molar-refractivity contribution is -0.166. The fourth-order valence-corrected chi connectivity index (χ4v) is 7.90. The van der Waals surface area contributed by atoms with Gasteiger partial charge in [0.1, 0.15) is 17.3 Å². The van der Waals surface area contributed by atoms with Crippen LogP contribution in [0, 0.1) is 58.7 Å². The SMILES string of the molecule is C#CCC[C@@H](C)[C@H]1CC[C@H]2[C@@H]3C(=O)C[C@@H]4CC(=O)CC[C@]4(C)[C@H]3CC(=O)[C@]12C. The average molecular weight is 383 g/mol. The smallest absolute Gasteiger partial charge is 0.139 e. The monoisotopic (exact) mass is 382 g/mol. The van der Waals surface area contributed by atoms with Crippen molar-refractivity contribution in [1.82, 2.24) is 0 Å². The van der Waals surface area contributed by atoms with Crippen molar-refractivity contribution < 1.29 is 14.4 Å². The Morgan fingerprint density at radius 3 is 2.57 bits per heavy atom. The van der Waals surface area contributed by atoms with Crippen molar-refractivity contribution in [1.29, 1.82) is 0 Å². The molecule has 4 saturated carbocycles. The largest absolute Gasteiger partial charge is 0.300 e. The number of ketones is 3. The number of carbonyl (C=O) groups excluding carboxylic acids is 3. The third kappa shape index (κ3) is 2.66. The molecule has 3 heteroatoms. The Bertz CT molecular complexity index is 745. The van der Waals surface area contributed by atoms with Crippen molar-refractivity contribution in [3.05, 3.63) is 0 Å². The molecule has 0 radical (unpaired) electrons. The lowest BCUT2D eigenvalue weighted by Crippen LogP contribution is -2.60. The van der Waals surface area contributed by atoms with Gasteiger partial charge in [0.15, 0.2) is 0 Å². The number of fused-ring (bicyclic) bond motifs is 5. The average Bonchev–Trinajstić information content (AvgIpc) is 3.01. The van der Waals surface area contributed by atoms with Gasteiger partial charge in [-0.05, 0) is 60.7 Å². The molecule has 0 unspecified atom stereocenters. The van der Waals surface area contributed by atoms with Crippen molar-refractivity contribution in [3.63, 3.8) is 0 Å². The molecule has 0 heterocycles. The van der Waals surface area contributed by atoms with Gasteiger partial charge in [0.2, 0.25) is 0 Å². The van der Waals surface area contributed by atoms with Crippen molar-refractivity contribution in [2.45, 2.75) is 78.6 Å². The first-order valence-electron chi connectivity index (χ1n) is 11.2. The van der Waals surface area contributed by atoms with E-state index >= 15 is 0 Å². The molecule has 8 atom stereocenters. The summed E-state index contributed by atoms with van der Waals surface area (Å²) in [6, 6.07) is 0. The predicted molar refractivity (Wildman–Crippen MR) is 108 cm³/mol. The van der Waals surface area contributed by atoms with E-state index in [-0.39, 0.29) is 34.5 Å². The summed E-state index contributed by atoms with van der Waals surface area (Å²) in [6.45, 7) is 6.67. The molecule has 0 spiro atoms. The molecule has 4 rings (SSSR count). The van der Waals surface area contributed by atoms with Crippen LogP contribution in [-0.2, 0) is 14.4 Å². The normalized spacial score (nSPS) is 46.4. The summed E-state index contributed by atoms with van der Waals surface area (Å²) in [4.78, 5) is 39.0. The zero-order valence-corrected chi connectivity index (χ0v) is 17.6. The van der Waals surface area contributed by atoms with E-state index in [9.17, 15) is 14.4 Å². The van der Waals surface area contributed by atoms with Gasteiger partial charge in [0.25, 0.3) is 0 Å². The van der Waals surface area contributed by atoms with Crippen LogP contribution in [0.5, 0.6) is 0 Å². The molecule has 0 amide bonds. The van der Waals surface area contributed by atoms with Crippen LogP contribution in [-0.4, -0.2) is 17.3 Å². The number of carbonyl (C=O) groups is 3. The minimum Gasteiger partial charge on any atom is -0.300 e. The van der Waals surface area contributed by atoms with Gasteiger partial charge in [0.05, 0.1) is 0 Å². The van der Waals surface area contributed by atoms with Crippen molar-refractivity contribution in [2.75, 3.05) is 0 Å². The Kier molecular flexibility index (Phi) is 4.84. The van der Waals surface area contributed by atoms with Gasteiger partial charge < -0.3 is 0 Å². The molecule has 28 heavy (non-hydrogen) atoms. The molecule has 0 bridgehead atoms. The topological polar surface area (TPSA) is 51.2 Å². The first-order valence-corrected chi connectivity index (χ1v) is 11.2. The van der Waals surface area contributed by atoms with Crippen LogP contribution >= 0.6 is 0 Å². The van der Waals surface area contributed by atoms with Gasteiger partial charge >= 0.3 is 0 Å². The molecule has 4 fully saturated rings. The summed E-state index contributed by atoms with van der Waals surface area (Å²) in [5.74, 6) is 4.98. The number of rotatable bonds is 3. The van der Waals surface area contributed by atoms with E-state index in [1.54, 1.807) is 0 Å². The molecule has 4 aliphatic carbocycles. The maximum atomic E-state index is 13.6. The predicted octanol–water partition coefficient (Wildman–Crippen LogP) is 4.62. The highest BCUT2D eigenvalue weighted by Gasteiger charge is 2.66. The number of Topliss-reactive ketones (excluding diaryl/α,β-unsaturated/α-hetero) is 3. The second kappa shape index (κ2) is 6.82. The minimum absolute atomic E-state index is 0.0157. The lowest BCUT2D eigenvalue weighted by Gasteiger charge is -2.58. The number of terminal acetylenes is 1. The summed E-state index contributed by atoms with van der Waals surface area (Å²) >= 11 is 0. The standard InChI is InChI=1S/C25H34O3/c1-5-6-7-15(2)18-8-9-19-23-20(14-22(28)25(18,19)4)24(3)11-10-17(26)12-16(24)13-21(23)27/h1,15-16,18-20,23H,6-14H2,2-4H3/t15-,16+,18-,19+,20+,23+,24+,25-/m1/s1. The highest BCUT2D eigenvalue weighted by Crippen LogP contribution is 2.66. The van der Waals surface area contributed by atoms with Crippen LogP contribution in [0.15, 0.2) is 0 Å². The fourth-order valence-electron chi connectivity index (χ4n) is 7.90. The van der Waals surface area contributed by atoms with Crippen LogP contribution in [0.25, 0.3) is 0 Å². The van der Waals surface area contributed by atoms with E-state index in [2.05, 4.69) is 26.7 Å². The maximum Gasteiger partial charge on any atom is 0.139 e. The van der Waals surface area contributed by atoms with Crippen LogP contribution in [0.3, 0.4) is 0 Å². The molecular formula is C25H34O3. The number of hydrogen-bond acceptors (Lipinski definition) is 3. The van der Waals surface area contributed by atoms with Gasteiger partial charge in [-0.2, -0.15) is 0 Å². The molecule has 4 aliphatic rings.